The van der Waals surface area contributed by atoms with E-state index in [0.717, 1.165) is 24.8 Å². The average Bonchev–Trinajstić information content (AvgIpc) is 3.42. The number of benzene rings is 1. The number of piperidine rings is 1. The Morgan fingerprint density at radius 2 is 1.80 bits per heavy atom. The van der Waals surface area contributed by atoms with Gasteiger partial charge >= 0.3 is 18.2 Å². The van der Waals surface area contributed by atoms with Gasteiger partial charge in [-0.2, -0.15) is 5.06 Å². The van der Waals surface area contributed by atoms with Gasteiger partial charge in [0.15, 0.2) is 0 Å². The molecule has 3 heterocycles. The number of hydrogen-bond acceptors (Lipinski definition) is 8. The van der Waals surface area contributed by atoms with Gasteiger partial charge in [0.05, 0.1) is 12.1 Å². The number of ether oxygens (including phenoxy) is 2. The summed E-state index contributed by atoms with van der Waals surface area (Å²) >= 11 is 0. The number of guanidine groups is 1. The third-order valence-corrected chi connectivity index (χ3v) is 8.05. The van der Waals surface area contributed by atoms with E-state index in [1.807, 2.05) is 41.3 Å². The summed E-state index contributed by atoms with van der Waals surface area (Å²) in [6.07, 6.45) is 1.69. The highest BCUT2D eigenvalue weighted by atomic mass is 16.7. The van der Waals surface area contributed by atoms with Crippen LogP contribution in [0.5, 0.6) is 0 Å². The molecule has 244 valence electrons. The molecule has 45 heavy (non-hydrogen) atoms. The zero-order valence-electron chi connectivity index (χ0n) is 27.2. The SMILES string of the molecule is CN(CCc1cc([C@@H]2CC3(CC3)[C@@H]3CN2C(=O)N3OCc2ccccc2)no1)C(=NC(=O)OC(C)(C)C)NC(=O)OC(C)(C)C. The van der Waals surface area contributed by atoms with Gasteiger partial charge in [-0.15, -0.1) is 4.99 Å². The van der Waals surface area contributed by atoms with Crippen molar-refractivity contribution < 1.29 is 33.2 Å². The average molecular weight is 625 g/mol. The minimum absolute atomic E-state index is 0.0176. The van der Waals surface area contributed by atoms with Crippen LogP contribution in [0.15, 0.2) is 45.9 Å². The van der Waals surface area contributed by atoms with Crippen molar-refractivity contribution in [3.05, 3.63) is 53.4 Å². The first-order valence-corrected chi connectivity index (χ1v) is 15.4. The van der Waals surface area contributed by atoms with Crippen molar-refractivity contribution in [3.8, 4) is 0 Å². The van der Waals surface area contributed by atoms with Gasteiger partial charge in [0.1, 0.15) is 29.3 Å². The molecule has 13 nitrogen and oxygen atoms in total. The molecule has 2 atom stereocenters. The van der Waals surface area contributed by atoms with Crippen LogP contribution < -0.4 is 5.32 Å². The number of fused-ring (bicyclic) bond motifs is 3. The second kappa shape index (κ2) is 12.3. The number of carbonyl (C=O) groups is 3. The molecule has 1 aliphatic carbocycles. The minimum Gasteiger partial charge on any atom is -0.444 e. The van der Waals surface area contributed by atoms with Crippen LogP contribution in [0.3, 0.4) is 0 Å². The molecule has 1 aromatic carbocycles. The Hall–Kier alpha value is -4.13. The molecule has 1 saturated carbocycles. The summed E-state index contributed by atoms with van der Waals surface area (Å²) in [6.45, 7) is 11.7. The van der Waals surface area contributed by atoms with Gasteiger partial charge < -0.3 is 23.8 Å². The van der Waals surface area contributed by atoms with E-state index in [1.54, 1.807) is 58.6 Å². The van der Waals surface area contributed by atoms with E-state index in [0.29, 0.717) is 37.6 Å². The lowest BCUT2D eigenvalue weighted by Gasteiger charge is -2.35. The number of hydrogen-bond donors (Lipinski definition) is 1. The summed E-state index contributed by atoms with van der Waals surface area (Å²) in [6, 6.07) is 11.4. The van der Waals surface area contributed by atoms with Crippen LogP contribution in [0.1, 0.15) is 83.9 Å². The number of urea groups is 1. The first-order valence-electron chi connectivity index (χ1n) is 15.4. The highest BCUT2D eigenvalue weighted by molar-refractivity contribution is 5.98. The molecule has 5 rings (SSSR count). The molecular weight excluding hydrogens is 580 g/mol. The number of nitrogens with zero attached hydrogens (tertiary/aromatic N) is 5. The van der Waals surface area contributed by atoms with Gasteiger partial charge in [-0.1, -0.05) is 35.5 Å². The number of aromatic nitrogens is 1. The normalized spacial score (nSPS) is 20.8. The van der Waals surface area contributed by atoms with Crippen LogP contribution >= 0.6 is 0 Å². The molecule has 2 aromatic rings. The van der Waals surface area contributed by atoms with E-state index in [2.05, 4.69) is 15.5 Å². The fourth-order valence-electron chi connectivity index (χ4n) is 5.72. The Morgan fingerprint density at radius 1 is 1.11 bits per heavy atom. The molecule has 2 saturated heterocycles. The van der Waals surface area contributed by atoms with Crippen LogP contribution in [0.25, 0.3) is 0 Å². The van der Waals surface area contributed by atoms with Crippen molar-refractivity contribution in [2.75, 3.05) is 20.1 Å². The molecule has 3 aliphatic rings. The summed E-state index contributed by atoms with van der Waals surface area (Å²) in [5, 5.41) is 8.50. The number of alkyl carbamates (subject to hydrolysis) is 1. The molecular formula is C32H44N6O7. The summed E-state index contributed by atoms with van der Waals surface area (Å²) in [7, 11) is 1.68. The van der Waals surface area contributed by atoms with Crippen LogP contribution in [0.4, 0.5) is 14.4 Å². The Balaban J connectivity index is 1.24. The van der Waals surface area contributed by atoms with E-state index in [-0.39, 0.29) is 29.5 Å². The van der Waals surface area contributed by atoms with Gasteiger partial charge in [-0.05, 0) is 71.8 Å². The van der Waals surface area contributed by atoms with Crippen LogP contribution in [-0.2, 0) is 27.3 Å². The molecule has 1 aromatic heterocycles. The first-order chi connectivity index (χ1) is 21.1. The molecule has 1 spiro atoms. The molecule has 0 unspecified atom stereocenters. The molecule has 0 radical (unpaired) electrons. The Labute approximate surface area is 263 Å². The molecule has 2 aliphatic heterocycles. The fraction of sp³-hybridized carbons (Fsp3) is 0.594. The predicted molar refractivity (Wildman–Crippen MR) is 164 cm³/mol. The van der Waals surface area contributed by atoms with Crippen LogP contribution in [0, 0.1) is 5.41 Å². The Morgan fingerprint density at radius 3 is 2.44 bits per heavy atom. The Bertz CT molecular complexity index is 1420. The van der Waals surface area contributed by atoms with Gasteiger partial charge in [-0.3, -0.25) is 10.2 Å². The number of amides is 4. The second-order valence-corrected chi connectivity index (χ2v) is 14.1. The summed E-state index contributed by atoms with van der Waals surface area (Å²) in [4.78, 5) is 52.0. The van der Waals surface area contributed by atoms with Crippen molar-refractivity contribution in [2.45, 2.75) is 97.1 Å². The van der Waals surface area contributed by atoms with E-state index < -0.39 is 23.4 Å². The lowest BCUT2D eigenvalue weighted by atomic mass is 9.84. The lowest BCUT2D eigenvalue weighted by Crippen LogP contribution is -2.45. The number of hydroxylamine groups is 2. The van der Waals surface area contributed by atoms with E-state index in [1.165, 1.54) is 0 Å². The topological polar surface area (TPSA) is 139 Å². The van der Waals surface area contributed by atoms with Crippen LogP contribution in [0.2, 0.25) is 0 Å². The van der Waals surface area contributed by atoms with Crippen LogP contribution in [-0.4, -0.2) is 81.6 Å². The van der Waals surface area contributed by atoms with Crippen molar-refractivity contribution in [1.29, 1.82) is 0 Å². The van der Waals surface area contributed by atoms with Crippen molar-refractivity contribution in [2.24, 2.45) is 10.4 Å². The fourth-order valence-corrected chi connectivity index (χ4v) is 5.72. The summed E-state index contributed by atoms with van der Waals surface area (Å²) in [5.41, 5.74) is 0.228. The number of likely N-dealkylation sites (N-methyl/N-ethyl adjacent to an activating group) is 1. The largest absolute Gasteiger partial charge is 0.444 e. The van der Waals surface area contributed by atoms with Crippen molar-refractivity contribution in [1.82, 2.24) is 25.3 Å². The predicted octanol–water partition coefficient (Wildman–Crippen LogP) is 5.43. The zero-order valence-corrected chi connectivity index (χ0v) is 27.2. The van der Waals surface area contributed by atoms with E-state index in [9.17, 15) is 14.4 Å². The first kappa shape index (κ1) is 32.3. The van der Waals surface area contributed by atoms with Crippen molar-refractivity contribution in [3.63, 3.8) is 0 Å². The standard InChI is InChI=1S/C32H44N6O7/c1-30(2,3)43-27(39)33-26(34-28(40)44-31(4,5)6)36(7)16-13-22-17-23(35-45-22)24-18-32(14-15-32)25-19-37(24)29(41)38(25)42-20-21-11-9-8-10-12-21/h8-12,17,24-25H,13-16,18-20H2,1-7H3,(H,33,34,39,40)/t24-,25-/m0/s1. The van der Waals surface area contributed by atoms with Gasteiger partial charge in [0.25, 0.3) is 0 Å². The molecule has 13 heteroatoms. The van der Waals surface area contributed by atoms with Gasteiger partial charge in [-0.25, -0.2) is 14.4 Å². The molecule has 2 bridgehead atoms. The zero-order chi connectivity index (χ0) is 32.6. The van der Waals surface area contributed by atoms with Gasteiger partial charge in [0, 0.05) is 32.6 Å². The maximum atomic E-state index is 13.5. The number of carbonyl (C=O) groups excluding carboxylic acids is 3. The third kappa shape index (κ3) is 7.94. The lowest BCUT2D eigenvalue weighted by molar-refractivity contribution is -0.153. The number of nitrogens with one attached hydrogen (secondary N) is 1. The number of rotatable bonds is 7. The molecule has 3 fully saturated rings. The number of aliphatic imine (C=N–C) groups is 1. The van der Waals surface area contributed by atoms with Gasteiger partial charge in [0.2, 0.25) is 5.96 Å². The van der Waals surface area contributed by atoms with E-state index in [4.69, 9.17) is 18.8 Å². The monoisotopic (exact) mass is 624 g/mol. The summed E-state index contributed by atoms with van der Waals surface area (Å²) < 4.78 is 16.4. The maximum absolute atomic E-state index is 13.5. The highest BCUT2D eigenvalue weighted by Crippen LogP contribution is 2.61. The van der Waals surface area contributed by atoms with Crippen molar-refractivity contribution >= 4 is 24.2 Å². The minimum atomic E-state index is -0.843. The molecule has 1 N–H and O–H groups in total. The molecule has 4 amide bonds. The highest BCUT2D eigenvalue weighted by Gasteiger charge is 2.63. The summed E-state index contributed by atoms with van der Waals surface area (Å²) in [5.74, 6) is 0.576. The van der Waals surface area contributed by atoms with E-state index >= 15 is 0 Å². The second-order valence-electron chi connectivity index (χ2n) is 14.1. The Kier molecular flexibility index (Phi) is 8.85. The third-order valence-electron chi connectivity index (χ3n) is 8.05. The smallest absolute Gasteiger partial charge is 0.437 e. The maximum Gasteiger partial charge on any atom is 0.437 e. The quantitative estimate of drug-likeness (QED) is 0.316.